The molecule has 0 radical (unpaired) electrons. The van der Waals surface area contributed by atoms with Crippen molar-refractivity contribution < 1.29 is 14.2 Å². The summed E-state index contributed by atoms with van der Waals surface area (Å²) in [5.74, 6) is 1.86. The maximum atomic E-state index is 5.85. The van der Waals surface area contributed by atoms with Crippen molar-refractivity contribution in [3.8, 4) is 17.2 Å². The molecule has 0 aliphatic carbocycles. The van der Waals surface area contributed by atoms with Crippen molar-refractivity contribution in [2.24, 2.45) is 5.73 Å². The van der Waals surface area contributed by atoms with Gasteiger partial charge >= 0.3 is 0 Å². The fraction of sp³-hybridized carbons (Fsp3) is 0.400. The number of nitrogens with zero attached hydrogens (tertiary/aromatic N) is 1. The monoisotopic (exact) mass is 308 g/mol. The summed E-state index contributed by atoms with van der Waals surface area (Å²) in [6.45, 7) is 2.34. The maximum absolute atomic E-state index is 5.85. The van der Waals surface area contributed by atoms with E-state index in [1.165, 1.54) is 11.3 Å². The van der Waals surface area contributed by atoms with Gasteiger partial charge in [0.25, 0.3) is 0 Å². The molecule has 0 spiro atoms. The van der Waals surface area contributed by atoms with Gasteiger partial charge in [0.05, 0.1) is 25.4 Å². The molecule has 21 heavy (non-hydrogen) atoms. The van der Waals surface area contributed by atoms with E-state index in [9.17, 15) is 0 Å². The number of ether oxygens (including phenoxy) is 3. The highest BCUT2D eigenvalue weighted by Crippen LogP contribution is 2.39. The Morgan fingerprint density at radius 1 is 1.24 bits per heavy atom. The smallest absolute Gasteiger partial charge is 0.203 e. The van der Waals surface area contributed by atoms with E-state index in [0.29, 0.717) is 23.9 Å². The first-order valence-corrected chi connectivity index (χ1v) is 7.58. The van der Waals surface area contributed by atoms with Gasteiger partial charge in [-0.2, -0.15) is 0 Å². The maximum Gasteiger partial charge on any atom is 0.203 e. The van der Waals surface area contributed by atoms with Gasteiger partial charge < -0.3 is 19.9 Å². The van der Waals surface area contributed by atoms with Crippen LogP contribution in [0, 0.1) is 0 Å². The minimum Gasteiger partial charge on any atom is -0.493 e. The number of nitrogens with two attached hydrogens (primary N) is 1. The van der Waals surface area contributed by atoms with Crippen molar-refractivity contribution in [1.82, 2.24) is 4.98 Å². The van der Waals surface area contributed by atoms with E-state index >= 15 is 0 Å². The van der Waals surface area contributed by atoms with Crippen molar-refractivity contribution in [3.05, 3.63) is 34.3 Å². The molecular formula is C15H20N2O3S. The molecule has 6 heteroatoms. The number of thiazole rings is 1. The second-order valence-corrected chi connectivity index (χ2v) is 5.50. The van der Waals surface area contributed by atoms with Crippen LogP contribution in [0.1, 0.15) is 18.2 Å². The second-order valence-electron chi connectivity index (χ2n) is 4.78. The molecule has 0 aliphatic rings. The Kier molecular flexibility index (Phi) is 5.41. The molecule has 1 aromatic heterocycles. The average Bonchev–Trinajstić information content (AvgIpc) is 2.97. The van der Waals surface area contributed by atoms with Crippen LogP contribution in [0.15, 0.2) is 23.0 Å². The molecule has 1 atom stereocenters. The molecule has 0 saturated carbocycles. The molecule has 2 aromatic rings. The van der Waals surface area contributed by atoms with Crippen LogP contribution in [-0.4, -0.2) is 25.2 Å². The van der Waals surface area contributed by atoms with E-state index < -0.39 is 0 Å². The fourth-order valence-corrected chi connectivity index (χ4v) is 2.56. The Bertz CT molecular complexity index is 545. The van der Waals surface area contributed by atoms with Gasteiger partial charge in [-0.1, -0.05) is 0 Å². The summed E-state index contributed by atoms with van der Waals surface area (Å²) in [4.78, 5) is 4.19. The van der Waals surface area contributed by atoms with Gasteiger partial charge in [0.15, 0.2) is 11.5 Å². The summed E-state index contributed by atoms with van der Waals surface area (Å²) in [6, 6.07) is 3.94. The molecule has 5 nitrogen and oxygen atoms in total. The Morgan fingerprint density at radius 2 is 1.90 bits per heavy atom. The molecule has 1 unspecified atom stereocenters. The molecule has 0 amide bonds. The molecule has 114 valence electrons. The summed E-state index contributed by atoms with van der Waals surface area (Å²) in [6.07, 6.45) is 0.749. The Balaban J connectivity index is 2.25. The first-order chi connectivity index (χ1) is 10.1. The van der Waals surface area contributed by atoms with Gasteiger partial charge in [0, 0.05) is 11.4 Å². The number of hydrogen-bond acceptors (Lipinski definition) is 6. The van der Waals surface area contributed by atoms with Gasteiger partial charge in [-0.25, -0.2) is 4.98 Å². The van der Waals surface area contributed by atoms with E-state index in [1.807, 2.05) is 24.4 Å². The number of aromatic nitrogens is 1. The predicted octanol–water partition coefficient (Wildman–Crippen LogP) is 2.63. The lowest BCUT2D eigenvalue weighted by Crippen LogP contribution is -2.17. The van der Waals surface area contributed by atoms with Crippen molar-refractivity contribution in [2.45, 2.75) is 26.0 Å². The molecule has 0 bridgehead atoms. The summed E-state index contributed by atoms with van der Waals surface area (Å²) in [5.41, 5.74) is 9.56. The van der Waals surface area contributed by atoms with Crippen molar-refractivity contribution in [1.29, 1.82) is 0 Å². The molecular weight excluding hydrogens is 288 g/mol. The van der Waals surface area contributed by atoms with E-state index in [1.54, 1.807) is 19.7 Å². The minimum atomic E-state index is 0.0705. The van der Waals surface area contributed by atoms with E-state index in [4.69, 9.17) is 19.9 Å². The summed E-state index contributed by atoms with van der Waals surface area (Å²) < 4.78 is 16.7. The third-order valence-electron chi connectivity index (χ3n) is 2.93. The zero-order valence-electron chi connectivity index (χ0n) is 12.5. The molecule has 1 heterocycles. The van der Waals surface area contributed by atoms with Crippen molar-refractivity contribution >= 4 is 11.3 Å². The number of benzene rings is 1. The summed E-state index contributed by atoms with van der Waals surface area (Å²) >= 11 is 1.54. The van der Waals surface area contributed by atoms with Crippen molar-refractivity contribution in [2.75, 3.05) is 14.2 Å². The normalized spacial score (nSPS) is 12.0. The van der Waals surface area contributed by atoms with Gasteiger partial charge in [-0.3, -0.25) is 0 Å². The first kappa shape index (κ1) is 15.6. The topological polar surface area (TPSA) is 66.6 Å². The lowest BCUT2D eigenvalue weighted by Gasteiger charge is -2.16. The van der Waals surface area contributed by atoms with E-state index in [-0.39, 0.29) is 6.04 Å². The number of methoxy groups -OCH3 is 2. The Hall–Kier alpha value is -1.79. The van der Waals surface area contributed by atoms with Crippen LogP contribution >= 0.6 is 11.3 Å². The highest BCUT2D eigenvalue weighted by Gasteiger charge is 2.15. The second kappa shape index (κ2) is 7.28. The lowest BCUT2D eigenvalue weighted by molar-refractivity contribution is 0.263. The van der Waals surface area contributed by atoms with Crippen LogP contribution in [0.2, 0.25) is 0 Å². The van der Waals surface area contributed by atoms with Crippen LogP contribution in [0.25, 0.3) is 0 Å². The predicted molar refractivity (Wildman–Crippen MR) is 83.3 cm³/mol. The highest BCUT2D eigenvalue weighted by atomic mass is 32.1. The largest absolute Gasteiger partial charge is 0.493 e. The molecule has 0 fully saturated rings. The van der Waals surface area contributed by atoms with Gasteiger partial charge in [0.1, 0.15) is 6.61 Å². The average molecular weight is 308 g/mol. The molecule has 2 N–H and O–H groups in total. The third-order valence-corrected chi connectivity index (χ3v) is 3.56. The van der Waals surface area contributed by atoms with Gasteiger partial charge in [0.2, 0.25) is 5.75 Å². The number of hydrogen-bond donors (Lipinski definition) is 1. The zero-order valence-corrected chi connectivity index (χ0v) is 13.3. The standard InChI is InChI=1S/C15H20N2O3S/c1-10(16)4-11-5-13(18-2)15(14(6-11)19-3)20-7-12-8-21-9-17-12/h5-6,8-10H,4,7,16H2,1-3H3. The van der Waals surface area contributed by atoms with Crippen LogP contribution in [-0.2, 0) is 13.0 Å². The van der Waals surface area contributed by atoms with Crippen LogP contribution in [0.3, 0.4) is 0 Å². The Morgan fingerprint density at radius 3 is 2.38 bits per heavy atom. The van der Waals surface area contributed by atoms with Crippen LogP contribution < -0.4 is 19.9 Å². The van der Waals surface area contributed by atoms with E-state index in [0.717, 1.165) is 17.7 Å². The molecule has 1 aromatic carbocycles. The van der Waals surface area contributed by atoms with E-state index in [2.05, 4.69) is 4.98 Å². The zero-order chi connectivity index (χ0) is 15.2. The molecule has 0 aliphatic heterocycles. The number of rotatable bonds is 7. The third kappa shape index (κ3) is 4.09. The van der Waals surface area contributed by atoms with Gasteiger partial charge in [-0.15, -0.1) is 11.3 Å². The van der Waals surface area contributed by atoms with Crippen LogP contribution in [0.4, 0.5) is 0 Å². The summed E-state index contributed by atoms with van der Waals surface area (Å²) in [5, 5.41) is 1.95. The first-order valence-electron chi connectivity index (χ1n) is 6.64. The Labute approximate surface area is 128 Å². The minimum absolute atomic E-state index is 0.0705. The molecule has 0 saturated heterocycles. The van der Waals surface area contributed by atoms with Crippen LogP contribution in [0.5, 0.6) is 17.2 Å². The highest BCUT2D eigenvalue weighted by molar-refractivity contribution is 7.07. The van der Waals surface area contributed by atoms with Crippen molar-refractivity contribution in [3.63, 3.8) is 0 Å². The molecule has 2 rings (SSSR count). The lowest BCUT2D eigenvalue weighted by atomic mass is 10.1. The fourth-order valence-electron chi connectivity index (χ4n) is 2.02. The quantitative estimate of drug-likeness (QED) is 0.851. The summed E-state index contributed by atoms with van der Waals surface area (Å²) in [7, 11) is 3.22. The SMILES string of the molecule is COc1cc(CC(C)N)cc(OC)c1OCc1cscn1. The van der Waals surface area contributed by atoms with Gasteiger partial charge in [-0.05, 0) is 31.0 Å².